The molecule has 0 bridgehead atoms. The van der Waals surface area contributed by atoms with E-state index in [1.54, 1.807) is 25.3 Å². The van der Waals surface area contributed by atoms with Crippen LogP contribution in [0.25, 0.3) is 11.2 Å². The Hall–Kier alpha value is -2.44. The van der Waals surface area contributed by atoms with Gasteiger partial charge in [-0.15, -0.1) is 0 Å². The number of carbonyl (C=O) groups is 1. The molecule has 7 heteroatoms. The van der Waals surface area contributed by atoms with E-state index in [2.05, 4.69) is 10.3 Å². The fraction of sp³-hybridized carbons (Fsp3) is 0.500. The predicted octanol–water partition coefficient (Wildman–Crippen LogP) is 0.637. The summed E-state index contributed by atoms with van der Waals surface area (Å²) in [4.78, 5) is 41.0. The van der Waals surface area contributed by atoms with E-state index in [0.717, 1.165) is 25.7 Å². The molecule has 1 amide bonds. The summed E-state index contributed by atoms with van der Waals surface area (Å²) < 4.78 is 2.56. The van der Waals surface area contributed by atoms with Gasteiger partial charge in [-0.2, -0.15) is 0 Å². The number of aromatic nitrogens is 3. The Morgan fingerprint density at radius 1 is 1.26 bits per heavy atom. The van der Waals surface area contributed by atoms with Gasteiger partial charge in [-0.05, 0) is 31.9 Å². The van der Waals surface area contributed by atoms with Gasteiger partial charge < -0.3 is 5.32 Å². The topological polar surface area (TPSA) is 86.0 Å². The van der Waals surface area contributed by atoms with Gasteiger partial charge in [-0.25, -0.2) is 4.98 Å². The van der Waals surface area contributed by atoms with Gasteiger partial charge in [0.2, 0.25) is 5.91 Å². The summed E-state index contributed by atoms with van der Waals surface area (Å²) in [6.45, 7) is 1.99. The van der Waals surface area contributed by atoms with Gasteiger partial charge in [0, 0.05) is 18.8 Å². The van der Waals surface area contributed by atoms with Crippen molar-refractivity contribution in [2.45, 2.75) is 51.7 Å². The van der Waals surface area contributed by atoms with E-state index in [-0.39, 0.29) is 18.5 Å². The van der Waals surface area contributed by atoms with Gasteiger partial charge in [0.1, 0.15) is 6.54 Å². The summed E-state index contributed by atoms with van der Waals surface area (Å²) in [5.41, 5.74) is -0.407. The minimum atomic E-state index is -0.686. The van der Waals surface area contributed by atoms with Crippen LogP contribution in [0.4, 0.5) is 0 Å². The van der Waals surface area contributed by atoms with Gasteiger partial charge in [0.15, 0.2) is 5.65 Å². The smallest absolute Gasteiger partial charge is 0.318 e. The average molecular weight is 316 g/mol. The lowest BCUT2D eigenvalue weighted by Crippen LogP contribution is -2.45. The lowest BCUT2D eigenvalue weighted by Gasteiger charge is -2.15. The van der Waals surface area contributed by atoms with Crippen molar-refractivity contribution in [1.29, 1.82) is 0 Å². The molecule has 0 radical (unpaired) electrons. The van der Waals surface area contributed by atoms with Crippen LogP contribution in [0.15, 0.2) is 27.9 Å². The van der Waals surface area contributed by atoms with E-state index in [1.807, 2.05) is 0 Å². The normalized spacial score (nSPS) is 15.2. The molecule has 0 aromatic carbocycles. The Morgan fingerprint density at radius 2 is 1.96 bits per heavy atom. The first kappa shape index (κ1) is 15.5. The lowest BCUT2D eigenvalue weighted by molar-refractivity contribution is -0.122. The van der Waals surface area contributed by atoms with Crippen molar-refractivity contribution in [3.63, 3.8) is 0 Å². The molecule has 1 saturated carbocycles. The van der Waals surface area contributed by atoms with Gasteiger partial charge >= 0.3 is 11.1 Å². The molecular formula is C16H20N4O3. The Balaban J connectivity index is 2.00. The molecule has 2 aromatic heterocycles. The van der Waals surface area contributed by atoms with Gasteiger partial charge in [-0.3, -0.25) is 23.5 Å². The monoisotopic (exact) mass is 316 g/mol. The molecular weight excluding hydrogens is 296 g/mol. The first-order valence-electron chi connectivity index (χ1n) is 7.99. The van der Waals surface area contributed by atoms with Gasteiger partial charge in [0.25, 0.3) is 0 Å². The molecule has 0 aliphatic heterocycles. The zero-order chi connectivity index (χ0) is 16.4. The number of aryl methyl sites for hydroxylation is 1. The van der Waals surface area contributed by atoms with E-state index in [9.17, 15) is 14.4 Å². The molecule has 2 aromatic rings. The van der Waals surface area contributed by atoms with Crippen molar-refractivity contribution < 1.29 is 4.79 Å². The highest BCUT2D eigenvalue weighted by Crippen LogP contribution is 2.17. The maximum atomic E-state index is 12.4. The number of hydrogen-bond donors (Lipinski definition) is 1. The number of pyridine rings is 1. The molecule has 0 saturated heterocycles. The molecule has 23 heavy (non-hydrogen) atoms. The number of amides is 1. The fourth-order valence-corrected chi connectivity index (χ4v) is 3.18. The molecule has 2 heterocycles. The highest BCUT2D eigenvalue weighted by Gasteiger charge is 2.19. The summed E-state index contributed by atoms with van der Waals surface area (Å²) in [5, 5.41) is 2.94. The Bertz CT molecular complexity index is 847. The highest BCUT2D eigenvalue weighted by atomic mass is 16.2. The van der Waals surface area contributed by atoms with Gasteiger partial charge in [0.05, 0.1) is 5.52 Å². The summed E-state index contributed by atoms with van der Waals surface area (Å²) in [7, 11) is 0. The molecule has 1 aliphatic rings. The van der Waals surface area contributed by atoms with Crippen molar-refractivity contribution in [1.82, 2.24) is 19.4 Å². The third-order valence-corrected chi connectivity index (χ3v) is 4.32. The highest BCUT2D eigenvalue weighted by molar-refractivity contribution is 5.79. The zero-order valence-corrected chi connectivity index (χ0v) is 13.1. The number of nitrogens with zero attached hydrogens (tertiary/aromatic N) is 3. The minimum Gasteiger partial charge on any atom is -0.352 e. The van der Waals surface area contributed by atoms with Crippen LogP contribution >= 0.6 is 0 Å². The van der Waals surface area contributed by atoms with Crippen molar-refractivity contribution in [2.24, 2.45) is 0 Å². The number of fused-ring (bicyclic) bond motifs is 1. The summed E-state index contributed by atoms with van der Waals surface area (Å²) in [5.74, 6) is -0.238. The summed E-state index contributed by atoms with van der Waals surface area (Å²) >= 11 is 0. The second kappa shape index (κ2) is 6.36. The van der Waals surface area contributed by atoms with E-state index < -0.39 is 11.1 Å². The molecule has 0 spiro atoms. The average Bonchev–Trinajstić information content (AvgIpc) is 3.05. The molecule has 1 aliphatic carbocycles. The van der Waals surface area contributed by atoms with Gasteiger partial charge in [-0.1, -0.05) is 12.8 Å². The number of rotatable bonds is 4. The number of hydrogen-bond acceptors (Lipinski definition) is 4. The van der Waals surface area contributed by atoms with Crippen LogP contribution < -0.4 is 16.4 Å². The van der Waals surface area contributed by atoms with Crippen molar-refractivity contribution in [3.05, 3.63) is 39.0 Å². The summed E-state index contributed by atoms with van der Waals surface area (Å²) in [6, 6.07) is 3.58. The van der Waals surface area contributed by atoms with Crippen molar-refractivity contribution >= 4 is 17.1 Å². The molecule has 3 rings (SSSR count). The van der Waals surface area contributed by atoms with E-state index in [4.69, 9.17) is 0 Å². The summed E-state index contributed by atoms with van der Waals surface area (Å²) in [6.07, 6.45) is 5.75. The molecule has 122 valence electrons. The number of nitrogens with one attached hydrogen (secondary N) is 1. The third-order valence-electron chi connectivity index (χ3n) is 4.32. The van der Waals surface area contributed by atoms with Crippen molar-refractivity contribution in [2.75, 3.05) is 0 Å². The van der Waals surface area contributed by atoms with Crippen LogP contribution in [0.3, 0.4) is 0 Å². The van der Waals surface area contributed by atoms with Crippen LogP contribution in [-0.2, 0) is 17.9 Å². The molecule has 1 fully saturated rings. The standard InChI is InChI=1S/C16H20N4O3/c1-2-19-14-12(8-5-9-17-14)20(16(23)15(19)22)10-13(21)18-11-6-3-4-7-11/h5,8-9,11H,2-4,6-7,10H2,1H3,(H,18,21). The molecule has 1 N–H and O–H groups in total. The quantitative estimate of drug-likeness (QED) is 0.839. The largest absolute Gasteiger partial charge is 0.352 e. The minimum absolute atomic E-state index is 0.155. The molecule has 7 nitrogen and oxygen atoms in total. The first-order valence-corrected chi connectivity index (χ1v) is 7.99. The van der Waals surface area contributed by atoms with Crippen molar-refractivity contribution in [3.8, 4) is 0 Å². The Morgan fingerprint density at radius 3 is 2.65 bits per heavy atom. The first-order chi connectivity index (χ1) is 11.1. The molecule has 0 unspecified atom stereocenters. The Kier molecular flexibility index (Phi) is 4.27. The van der Waals surface area contributed by atoms with Crippen LogP contribution in [0.5, 0.6) is 0 Å². The fourth-order valence-electron chi connectivity index (χ4n) is 3.18. The third kappa shape index (κ3) is 2.91. The zero-order valence-electron chi connectivity index (χ0n) is 13.1. The maximum Gasteiger partial charge on any atom is 0.318 e. The second-order valence-electron chi connectivity index (χ2n) is 5.84. The van der Waals surface area contributed by atoms with E-state index in [1.165, 1.54) is 9.13 Å². The second-order valence-corrected chi connectivity index (χ2v) is 5.84. The maximum absolute atomic E-state index is 12.4. The SMILES string of the molecule is CCn1c(=O)c(=O)n(CC(=O)NC2CCCC2)c2cccnc21. The van der Waals surface area contributed by atoms with Crippen LogP contribution in [0, 0.1) is 0 Å². The van der Waals surface area contributed by atoms with Crippen LogP contribution in [0.1, 0.15) is 32.6 Å². The van der Waals surface area contributed by atoms with E-state index >= 15 is 0 Å². The predicted molar refractivity (Wildman–Crippen MR) is 86.3 cm³/mol. The number of carbonyl (C=O) groups excluding carboxylic acids is 1. The Labute approximate surface area is 133 Å². The van der Waals surface area contributed by atoms with E-state index in [0.29, 0.717) is 17.7 Å². The van der Waals surface area contributed by atoms with Crippen LogP contribution in [0.2, 0.25) is 0 Å². The van der Waals surface area contributed by atoms with Crippen LogP contribution in [-0.4, -0.2) is 26.1 Å². The molecule has 0 atom stereocenters. The lowest BCUT2D eigenvalue weighted by atomic mass is 10.2.